The summed E-state index contributed by atoms with van der Waals surface area (Å²) in [5, 5.41) is 9.65. The monoisotopic (exact) mass is 298 g/mol. The first-order chi connectivity index (χ1) is 9.38. The minimum absolute atomic E-state index is 0.0237. The fourth-order valence-electron chi connectivity index (χ4n) is 2.45. The molecule has 0 aromatic heterocycles. The van der Waals surface area contributed by atoms with Gasteiger partial charge in [-0.1, -0.05) is 11.6 Å². The van der Waals surface area contributed by atoms with Crippen LogP contribution in [0.2, 0.25) is 5.02 Å². The summed E-state index contributed by atoms with van der Waals surface area (Å²) in [6.45, 7) is 3.85. The van der Waals surface area contributed by atoms with Gasteiger partial charge in [-0.15, -0.1) is 0 Å². The van der Waals surface area contributed by atoms with Crippen LogP contribution in [0.5, 0.6) is 11.5 Å². The molecule has 0 heterocycles. The minimum atomic E-state index is -0.808. The molecule has 0 atom stereocenters. The highest BCUT2D eigenvalue weighted by molar-refractivity contribution is 6.30. The molecule has 1 aromatic carbocycles. The zero-order valence-electron chi connectivity index (χ0n) is 11.9. The van der Waals surface area contributed by atoms with Gasteiger partial charge >= 0.3 is 5.97 Å². The zero-order chi connectivity index (χ0) is 14.9. The standard InChI is InChI=1S/C15H19ClO4/c1-9(2)20-14-11(6-10(16)7-12(14)19-3)15(4-5-15)8-13(17)18/h6-7,9H,4-5,8H2,1-3H3,(H,17,18). The van der Waals surface area contributed by atoms with Gasteiger partial charge in [-0.05, 0) is 32.8 Å². The molecule has 1 aromatic rings. The number of rotatable bonds is 6. The normalized spacial score (nSPS) is 16.1. The lowest BCUT2D eigenvalue weighted by atomic mass is 9.91. The second kappa shape index (κ2) is 5.52. The van der Waals surface area contributed by atoms with Gasteiger partial charge in [-0.3, -0.25) is 4.79 Å². The molecule has 20 heavy (non-hydrogen) atoms. The third-order valence-corrected chi connectivity index (χ3v) is 3.73. The summed E-state index contributed by atoms with van der Waals surface area (Å²) in [6, 6.07) is 3.50. The maximum Gasteiger partial charge on any atom is 0.304 e. The van der Waals surface area contributed by atoms with Crippen molar-refractivity contribution in [3.05, 3.63) is 22.7 Å². The van der Waals surface area contributed by atoms with Crippen LogP contribution in [0.3, 0.4) is 0 Å². The Labute approximate surface area is 123 Å². The number of hydrogen-bond donors (Lipinski definition) is 1. The number of aliphatic carboxylic acids is 1. The van der Waals surface area contributed by atoms with Gasteiger partial charge in [-0.25, -0.2) is 0 Å². The molecule has 1 fully saturated rings. The molecule has 0 saturated heterocycles. The molecule has 1 aliphatic rings. The number of ether oxygens (including phenoxy) is 2. The molecule has 0 radical (unpaired) electrons. The van der Waals surface area contributed by atoms with E-state index >= 15 is 0 Å². The van der Waals surface area contributed by atoms with Crippen LogP contribution >= 0.6 is 11.6 Å². The van der Waals surface area contributed by atoms with E-state index < -0.39 is 5.97 Å². The minimum Gasteiger partial charge on any atom is -0.493 e. The lowest BCUT2D eigenvalue weighted by Gasteiger charge is -2.22. The number of halogens is 1. The number of methoxy groups -OCH3 is 1. The van der Waals surface area contributed by atoms with Crippen LogP contribution in [-0.4, -0.2) is 24.3 Å². The Kier molecular flexibility index (Phi) is 4.14. The highest BCUT2D eigenvalue weighted by Gasteiger charge is 2.48. The van der Waals surface area contributed by atoms with E-state index in [0.29, 0.717) is 16.5 Å². The second-order valence-corrected chi connectivity index (χ2v) is 5.94. The molecule has 0 bridgehead atoms. The third kappa shape index (κ3) is 3.01. The van der Waals surface area contributed by atoms with E-state index in [2.05, 4.69) is 0 Å². The largest absolute Gasteiger partial charge is 0.493 e. The number of benzene rings is 1. The van der Waals surface area contributed by atoms with E-state index in [-0.39, 0.29) is 17.9 Å². The molecule has 5 heteroatoms. The Hall–Kier alpha value is -1.42. The highest BCUT2D eigenvalue weighted by atomic mass is 35.5. The molecule has 1 N–H and O–H groups in total. The molecule has 0 unspecified atom stereocenters. The topological polar surface area (TPSA) is 55.8 Å². The SMILES string of the molecule is COc1cc(Cl)cc(C2(CC(=O)O)CC2)c1OC(C)C. The van der Waals surface area contributed by atoms with Gasteiger partial charge in [0.2, 0.25) is 0 Å². The first-order valence-electron chi connectivity index (χ1n) is 6.64. The first-order valence-corrected chi connectivity index (χ1v) is 7.02. The predicted octanol–water partition coefficient (Wildman–Crippen LogP) is 3.64. The molecular formula is C15H19ClO4. The van der Waals surface area contributed by atoms with Gasteiger partial charge < -0.3 is 14.6 Å². The van der Waals surface area contributed by atoms with Crippen molar-refractivity contribution < 1.29 is 19.4 Å². The van der Waals surface area contributed by atoms with Crippen molar-refractivity contribution in [2.75, 3.05) is 7.11 Å². The summed E-state index contributed by atoms with van der Waals surface area (Å²) in [4.78, 5) is 11.1. The zero-order valence-corrected chi connectivity index (χ0v) is 12.7. The van der Waals surface area contributed by atoms with Crippen molar-refractivity contribution in [2.24, 2.45) is 0 Å². The van der Waals surface area contributed by atoms with Crippen LogP contribution in [-0.2, 0) is 10.2 Å². The van der Waals surface area contributed by atoms with E-state index in [9.17, 15) is 4.79 Å². The van der Waals surface area contributed by atoms with Gasteiger partial charge in [0.1, 0.15) is 0 Å². The molecule has 4 nitrogen and oxygen atoms in total. The van der Waals surface area contributed by atoms with Gasteiger partial charge in [0.05, 0.1) is 19.6 Å². The molecule has 1 aliphatic carbocycles. The Morgan fingerprint density at radius 2 is 2.10 bits per heavy atom. The molecule has 2 rings (SSSR count). The van der Waals surface area contributed by atoms with Crippen LogP contribution in [0.1, 0.15) is 38.7 Å². The maximum absolute atomic E-state index is 11.1. The van der Waals surface area contributed by atoms with Crippen molar-refractivity contribution in [1.29, 1.82) is 0 Å². The molecular weight excluding hydrogens is 280 g/mol. The summed E-state index contributed by atoms with van der Waals surface area (Å²) in [6.07, 6.45) is 1.73. The second-order valence-electron chi connectivity index (χ2n) is 5.50. The van der Waals surface area contributed by atoms with Crippen LogP contribution < -0.4 is 9.47 Å². The Bertz CT molecular complexity index is 521. The summed E-state index contributed by atoms with van der Waals surface area (Å²) in [5.41, 5.74) is 0.478. The fraction of sp³-hybridized carbons (Fsp3) is 0.533. The van der Waals surface area contributed by atoms with Gasteiger partial charge in [0.15, 0.2) is 11.5 Å². The van der Waals surface area contributed by atoms with E-state index in [1.54, 1.807) is 19.2 Å². The van der Waals surface area contributed by atoms with Crippen LogP contribution in [0.4, 0.5) is 0 Å². The van der Waals surface area contributed by atoms with Gasteiger partial charge in [-0.2, -0.15) is 0 Å². The van der Waals surface area contributed by atoms with Crippen LogP contribution in [0.15, 0.2) is 12.1 Å². The Balaban J connectivity index is 2.50. The fourth-order valence-corrected chi connectivity index (χ4v) is 2.66. The lowest BCUT2D eigenvalue weighted by Crippen LogP contribution is -2.17. The lowest BCUT2D eigenvalue weighted by molar-refractivity contribution is -0.137. The van der Waals surface area contributed by atoms with E-state index in [0.717, 1.165) is 18.4 Å². The highest BCUT2D eigenvalue weighted by Crippen LogP contribution is 2.56. The van der Waals surface area contributed by atoms with Gasteiger partial charge in [0.25, 0.3) is 0 Å². The number of hydrogen-bond acceptors (Lipinski definition) is 3. The number of carboxylic acid groups (broad SMARTS) is 1. The van der Waals surface area contributed by atoms with Crippen molar-refractivity contribution in [1.82, 2.24) is 0 Å². The first kappa shape index (κ1) is 15.0. The van der Waals surface area contributed by atoms with E-state index in [1.807, 2.05) is 13.8 Å². The number of carbonyl (C=O) groups is 1. The van der Waals surface area contributed by atoms with Crippen molar-refractivity contribution in [3.8, 4) is 11.5 Å². The molecule has 0 amide bonds. The van der Waals surface area contributed by atoms with Crippen LogP contribution in [0.25, 0.3) is 0 Å². The van der Waals surface area contributed by atoms with Crippen LogP contribution in [0, 0.1) is 0 Å². The summed E-state index contributed by atoms with van der Waals surface area (Å²) in [7, 11) is 1.55. The molecule has 0 aliphatic heterocycles. The van der Waals surface area contributed by atoms with Crippen molar-refractivity contribution in [3.63, 3.8) is 0 Å². The van der Waals surface area contributed by atoms with Crippen molar-refractivity contribution >= 4 is 17.6 Å². The molecule has 110 valence electrons. The summed E-state index contributed by atoms with van der Waals surface area (Å²) >= 11 is 6.12. The summed E-state index contributed by atoms with van der Waals surface area (Å²) < 4.78 is 11.2. The third-order valence-electron chi connectivity index (χ3n) is 3.51. The smallest absolute Gasteiger partial charge is 0.304 e. The van der Waals surface area contributed by atoms with E-state index in [4.69, 9.17) is 26.2 Å². The summed E-state index contributed by atoms with van der Waals surface area (Å²) in [5.74, 6) is 0.362. The average molecular weight is 299 g/mol. The molecule has 0 spiro atoms. The number of carboxylic acids is 1. The van der Waals surface area contributed by atoms with Crippen molar-refractivity contribution in [2.45, 2.75) is 44.6 Å². The average Bonchev–Trinajstić information content (AvgIpc) is 3.10. The predicted molar refractivity (Wildman–Crippen MR) is 76.9 cm³/mol. The van der Waals surface area contributed by atoms with E-state index in [1.165, 1.54) is 0 Å². The quantitative estimate of drug-likeness (QED) is 0.871. The van der Waals surface area contributed by atoms with Gasteiger partial charge in [0, 0.05) is 22.1 Å². The molecule has 1 saturated carbocycles. The Morgan fingerprint density at radius 1 is 1.45 bits per heavy atom. The maximum atomic E-state index is 11.1. The Morgan fingerprint density at radius 3 is 2.55 bits per heavy atom.